The minimum atomic E-state index is 0.0809. The van der Waals surface area contributed by atoms with Crippen LogP contribution in [0.3, 0.4) is 0 Å². The molecule has 1 saturated carbocycles. The zero-order valence-corrected chi connectivity index (χ0v) is 13.1. The van der Waals surface area contributed by atoms with Crippen LogP contribution in [-0.4, -0.2) is 16.0 Å². The number of hydrogen-bond donors (Lipinski definition) is 1. The molecule has 0 aliphatic heterocycles. The maximum Gasteiger partial charge on any atom is 0.125 e. The average molecular weight is 287 g/mol. The molecule has 1 fully saturated rings. The standard InChI is InChI=1S/C16H21N3S/c1-16(2,3)14-13(10-18-12-6-7-12)20-15(19-14)11-5-4-8-17-9-11/h4-5,8-9,12,18H,6-7,10H2,1-3H3. The molecule has 106 valence electrons. The van der Waals surface area contributed by atoms with E-state index in [2.05, 4.69) is 37.1 Å². The molecule has 3 rings (SSSR count). The summed E-state index contributed by atoms with van der Waals surface area (Å²) in [6.07, 6.45) is 6.33. The van der Waals surface area contributed by atoms with Crippen molar-refractivity contribution in [3.8, 4) is 10.6 Å². The normalized spacial score (nSPS) is 15.6. The van der Waals surface area contributed by atoms with E-state index in [0.29, 0.717) is 0 Å². The predicted octanol–water partition coefficient (Wildman–Crippen LogP) is 3.75. The van der Waals surface area contributed by atoms with Gasteiger partial charge in [-0.25, -0.2) is 4.98 Å². The maximum atomic E-state index is 4.89. The van der Waals surface area contributed by atoms with E-state index in [4.69, 9.17) is 4.98 Å². The molecule has 20 heavy (non-hydrogen) atoms. The van der Waals surface area contributed by atoms with Gasteiger partial charge in [0, 0.05) is 40.8 Å². The third-order valence-corrected chi connectivity index (χ3v) is 4.55. The van der Waals surface area contributed by atoms with Gasteiger partial charge in [0.2, 0.25) is 0 Å². The molecule has 1 N–H and O–H groups in total. The van der Waals surface area contributed by atoms with Crippen LogP contribution in [0.1, 0.15) is 44.2 Å². The summed E-state index contributed by atoms with van der Waals surface area (Å²) in [6.45, 7) is 7.64. The molecule has 3 nitrogen and oxygen atoms in total. The number of aromatic nitrogens is 2. The van der Waals surface area contributed by atoms with Crippen molar-refractivity contribution in [1.82, 2.24) is 15.3 Å². The van der Waals surface area contributed by atoms with Crippen LogP contribution in [0.15, 0.2) is 24.5 Å². The topological polar surface area (TPSA) is 37.8 Å². The first-order valence-corrected chi connectivity index (χ1v) is 7.99. The largest absolute Gasteiger partial charge is 0.309 e. The second kappa shape index (κ2) is 5.26. The molecule has 0 spiro atoms. The van der Waals surface area contributed by atoms with Crippen LogP contribution in [0, 0.1) is 0 Å². The van der Waals surface area contributed by atoms with Gasteiger partial charge in [0.15, 0.2) is 0 Å². The van der Waals surface area contributed by atoms with Crippen molar-refractivity contribution in [2.75, 3.05) is 0 Å². The van der Waals surface area contributed by atoms with Crippen LogP contribution in [-0.2, 0) is 12.0 Å². The highest BCUT2D eigenvalue weighted by molar-refractivity contribution is 7.15. The van der Waals surface area contributed by atoms with Gasteiger partial charge in [-0.3, -0.25) is 4.98 Å². The lowest BCUT2D eigenvalue weighted by Crippen LogP contribution is -2.19. The van der Waals surface area contributed by atoms with E-state index in [0.717, 1.165) is 23.2 Å². The molecule has 1 aliphatic carbocycles. The third kappa shape index (κ3) is 3.07. The van der Waals surface area contributed by atoms with Gasteiger partial charge in [0.1, 0.15) is 5.01 Å². The smallest absolute Gasteiger partial charge is 0.125 e. The van der Waals surface area contributed by atoms with Gasteiger partial charge in [-0.2, -0.15) is 0 Å². The molecular formula is C16H21N3S. The predicted molar refractivity (Wildman–Crippen MR) is 83.9 cm³/mol. The highest BCUT2D eigenvalue weighted by atomic mass is 32.1. The van der Waals surface area contributed by atoms with Crippen molar-refractivity contribution in [2.24, 2.45) is 0 Å². The van der Waals surface area contributed by atoms with Crippen LogP contribution in [0.2, 0.25) is 0 Å². The SMILES string of the molecule is CC(C)(C)c1nc(-c2cccnc2)sc1CNC1CC1. The summed E-state index contributed by atoms with van der Waals surface area (Å²) >= 11 is 1.80. The van der Waals surface area contributed by atoms with Crippen LogP contribution in [0.25, 0.3) is 10.6 Å². The second-order valence-electron chi connectivity index (χ2n) is 6.44. The summed E-state index contributed by atoms with van der Waals surface area (Å²) < 4.78 is 0. The quantitative estimate of drug-likeness (QED) is 0.930. The van der Waals surface area contributed by atoms with E-state index in [1.807, 2.05) is 12.3 Å². The van der Waals surface area contributed by atoms with E-state index in [-0.39, 0.29) is 5.41 Å². The lowest BCUT2D eigenvalue weighted by molar-refractivity contribution is 0.559. The summed E-state index contributed by atoms with van der Waals surface area (Å²) in [4.78, 5) is 10.5. The molecule has 0 saturated heterocycles. The Bertz CT molecular complexity index is 580. The fraction of sp³-hybridized carbons (Fsp3) is 0.500. The first-order valence-electron chi connectivity index (χ1n) is 7.18. The van der Waals surface area contributed by atoms with Crippen LogP contribution in [0.5, 0.6) is 0 Å². The molecule has 0 atom stereocenters. The fourth-order valence-corrected chi connectivity index (χ4v) is 3.41. The van der Waals surface area contributed by atoms with Gasteiger partial charge >= 0.3 is 0 Å². The summed E-state index contributed by atoms with van der Waals surface area (Å²) in [5.41, 5.74) is 2.41. The number of rotatable bonds is 4. The first kappa shape index (κ1) is 13.7. The molecule has 0 unspecified atom stereocenters. The Balaban J connectivity index is 1.92. The van der Waals surface area contributed by atoms with Crippen molar-refractivity contribution in [3.05, 3.63) is 35.1 Å². The van der Waals surface area contributed by atoms with Crippen molar-refractivity contribution < 1.29 is 0 Å². The summed E-state index contributed by atoms with van der Waals surface area (Å²) in [5, 5.41) is 4.68. The lowest BCUT2D eigenvalue weighted by atomic mass is 9.91. The summed E-state index contributed by atoms with van der Waals surface area (Å²) in [6, 6.07) is 4.78. The van der Waals surface area contributed by atoms with E-state index in [1.165, 1.54) is 23.4 Å². The molecule has 0 radical (unpaired) electrons. The Morgan fingerprint density at radius 1 is 1.35 bits per heavy atom. The highest BCUT2D eigenvalue weighted by Gasteiger charge is 2.26. The van der Waals surface area contributed by atoms with Crippen LogP contribution in [0.4, 0.5) is 0 Å². The van der Waals surface area contributed by atoms with E-state index < -0.39 is 0 Å². The molecule has 0 bridgehead atoms. The molecule has 0 aromatic carbocycles. The second-order valence-corrected chi connectivity index (χ2v) is 7.52. The third-order valence-electron chi connectivity index (χ3n) is 3.44. The number of thiazole rings is 1. The van der Waals surface area contributed by atoms with Gasteiger partial charge in [0.05, 0.1) is 5.69 Å². The van der Waals surface area contributed by atoms with Gasteiger partial charge in [-0.1, -0.05) is 20.8 Å². The highest BCUT2D eigenvalue weighted by Crippen LogP contribution is 2.34. The lowest BCUT2D eigenvalue weighted by Gasteiger charge is -2.17. The number of pyridine rings is 1. The van der Waals surface area contributed by atoms with Crippen molar-refractivity contribution in [2.45, 2.75) is 51.6 Å². The Kier molecular flexibility index (Phi) is 3.61. The van der Waals surface area contributed by atoms with Gasteiger partial charge < -0.3 is 5.32 Å². The van der Waals surface area contributed by atoms with Gasteiger partial charge in [0.25, 0.3) is 0 Å². The molecule has 2 aromatic heterocycles. The zero-order chi connectivity index (χ0) is 14.2. The number of hydrogen-bond acceptors (Lipinski definition) is 4. The Hall–Kier alpha value is -1.26. The minimum Gasteiger partial charge on any atom is -0.309 e. The van der Waals surface area contributed by atoms with Crippen LogP contribution >= 0.6 is 11.3 Å². The maximum absolute atomic E-state index is 4.89. The summed E-state index contributed by atoms with van der Waals surface area (Å²) in [7, 11) is 0. The monoisotopic (exact) mass is 287 g/mol. The Labute approximate surface area is 124 Å². The van der Waals surface area contributed by atoms with Crippen molar-refractivity contribution in [1.29, 1.82) is 0 Å². The fourth-order valence-electron chi connectivity index (χ4n) is 2.19. The molecular weight excluding hydrogens is 266 g/mol. The average Bonchev–Trinajstić information content (AvgIpc) is 3.14. The van der Waals surface area contributed by atoms with E-state index >= 15 is 0 Å². The van der Waals surface area contributed by atoms with Gasteiger partial charge in [-0.15, -0.1) is 11.3 Å². The van der Waals surface area contributed by atoms with E-state index in [9.17, 15) is 0 Å². The molecule has 2 aromatic rings. The minimum absolute atomic E-state index is 0.0809. The molecule has 2 heterocycles. The first-order chi connectivity index (χ1) is 9.54. The van der Waals surface area contributed by atoms with Crippen molar-refractivity contribution >= 4 is 11.3 Å². The molecule has 4 heteroatoms. The number of nitrogens with one attached hydrogen (secondary N) is 1. The molecule has 0 amide bonds. The Morgan fingerprint density at radius 2 is 2.15 bits per heavy atom. The summed E-state index contributed by atoms with van der Waals surface area (Å²) in [5.74, 6) is 0. The number of nitrogens with zero attached hydrogens (tertiary/aromatic N) is 2. The van der Waals surface area contributed by atoms with Crippen LogP contribution < -0.4 is 5.32 Å². The molecule has 1 aliphatic rings. The van der Waals surface area contributed by atoms with Gasteiger partial charge in [-0.05, 0) is 25.0 Å². The van der Waals surface area contributed by atoms with E-state index in [1.54, 1.807) is 17.5 Å². The van der Waals surface area contributed by atoms with Crippen molar-refractivity contribution in [3.63, 3.8) is 0 Å². The Morgan fingerprint density at radius 3 is 2.75 bits per heavy atom. The zero-order valence-electron chi connectivity index (χ0n) is 12.3.